The number of nitrogens with zero attached hydrogens (tertiary/aromatic N) is 1. The van der Waals surface area contributed by atoms with E-state index in [0.29, 0.717) is 47.9 Å². The summed E-state index contributed by atoms with van der Waals surface area (Å²) in [4.78, 5) is 43.3. The van der Waals surface area contributed by atoms with Crippen LogP contribution in [0.2, 0.25) is 0 Å². The lowest BCUT2D eigenvalue weighted by atomic mass is 9.94. The van der Waals surface area contributed by atoms with Gasteiger partial charge in [-0.1, -0.05) is 56.7 Å². The van der Waals surface area contributed by atoms with E-state index in [4.69, 9.17) is 18.9 Å². The van der Waals surface area contributed by atoms with Gasteiger partial charge in [0.05, 0.1) is 46.2 Å². The van der Waals surface area contributed by atoms with Crippen molar-refractivity contribution in [2.75, 3.05) is 40.3 Å². The van der Waals surface area contributed by atoms with Crippen LogP contribution in [0, 0.1) is 5.92 Å². The molecule has 6 rings (SSSR count). The highest BCUT2D eigenvalue weighted by Gasteiger charge is 2.37. The van der Waals surface area contributed by atoms with E-state index in [2.05, 4.69) is 29.7 Å². The lowest BCUT2D eigenvalue weighted by Crippen LogP contribution is -2.46. The number of methoxy groups -OCH3 is 4. The molecule has 1 heterocycles. The largest absolute Gasteiger partial charge is 0.496 e. The van der Waals surface area contributed by atoms with Crippen molar-refractivity contribution < 1.29 is 28.5 Å². The van der Waals surface area contributed by atoms with Crippen LogP contribution >= 0.6 is 0 Å². The summed E-state index contributed by atoms with van der Waals surface area (Å²) in [6.07, 6.45) is 3.60. The molecule has 1 saturated heterocycles. The Morgan fingerprint density at radius 2 is 1.60 bits per heavy atom. The number of nitrogens with one attached hydrogen (secondary N) is 2. The van der Waals surface area contributed by atoms with E-state index >= 15 is 0 Å². The van der Waals surface area contributed by atoms with Gasteiger partial charge in [0.2, 0.25) is 23.0 Å². The van der Waals surface area contributed by atoms with Crippen molar-refractivity contribution in [2.45, 2.75) is 71.0 Å². The molecule has 0 spiro atoms. The molecule has 1 aliphatic carbocycles. The topological polar surface area (TPSA) is 115 Å². The average Bonchev–Trinajstić information content (AvgIpc) is 3.53. The van der Waals surface area contributed by atoms with E-state index in [0.717, 1.165) is 58.0 Å². The summed E-state index contributed by atoms with van der Waals surface area (Å²) in [6, 6.07) is 18.1. The molecule has 10 heteroatoms. The highest BCUT2D eigenvalue weighted by atomic mass is 16.5. The predicted octanol–water partition coefficient (Wildman–Crippen LogP) is 7.22. The fraction of sp³-hybridized carbons (Fsp3) is 0.405. The Morgan fingerprint density at radius 3 is 2.27 bits per heavy atom. The van der Waals surface area contributed by atoms with Crippen LogP contribution in [0.3, 0.4) is 0 Å². The molecule has 0 radical (unpaired) electrons. The first-order valence-electron chi connectivity index (χ1n) is 18.1. The third-order valence-electron chi connectivity index (χ3n) is 10.7. The lowest BCUT2D eigenvalue weighted by molar-refractivity contribution is -0.134. The Balaban J connectivity index is 1.43. The van der Waals surface area contributed by atoms with Gasteiger partial charge in [0, 0.05) is 24.4 Å². The van der Waals surface area contributed by atoms with E-state index < -0.39 is 12.1 Å². The van der Waals surface area contributed by atoms with Gasteiger partial charge >= 0.3 is 0 Å². The Hall–Kier alpha value is -5.25. The van der Waals surface area contributed by atoms with Crippen LogP contribution < -0.4 is 35.0 Å². The van der Waals surface area contributed by atoms with Gasteiger partial charge in [-0.2, -0.15) is 0 Å². The number of ether oxygens (including phenoxy) is 4. The van der Waals surface area contributed by atoms with Gasteiger partial charge in [0.15, 0.2) is 11.5 Å². The number of carbonyl (C=O) groups is 2. The second-order valence-electron chi connectivity index (χ2n) is 13.7. The van der Waals surface area contributed by atoms with Crippen LogP contribution in [0.25, 0.3) is 21.9 Å². The minimum atomic E-state index is -0.651. The number of anilines is 1. The molecule has 1 aliphatic heterocycles. The summed E-state index contributed by atoms with van der Waals surface area (Å²) in [6.45, 7) is 6.19. The summed E-state index contributed by atoms with van der Waals surface area (Å²) < 4.78 is 23.0. The Kier molecular flexibility index (Phi) is 10.9. The molecule has 0 bridgehead atoms. The monoisotopic (exact) mass is 707 g/mol. The Bertz CT molecular complexity index is 2050. The number of hydrogen-bond acceptors (Lipinski definition) is 8. The Labute approximate surface area is 305 Å². The number of amides is 2. The van der Waals surface area contributed by atoms with Crippen LogP contribution in [0.4, 0.5) is 5.69 Å². The SMILES string of the molecule is CC[C@@H](C)[C@H](Nc1ccc2c(cc1=O)[C@@H](NC(C)=O)CCc1cc(OC)c(OC)c(OC)c1-2)C(=O)N1CCC[C@H]1c1ccc(OC)c2ccccc12. The maximum atomic E-state index is 14.7. The molecule has 2 aliphatic rings. The van der Waals surface area contributed by atoms with Gasteiger partial charge in [-0.05, 0) is 83.5 Å². The van der Waals surface area contributed by atoms with E-state index in [1.807, 2.05) is 48.2 Å². The summed E-state index contributed by atoms with van der Waals surface area (Å²) >= 11 is 0. The normalized spacial score (nSPS) is 17.6. The standard InChI is InChI=1S/C42H49N3O7/c1-8-24(2)39(42(48)45-21-11-14-34(45)28-17-20-36(49-4)29-13-10-9-12-27(28)29)44-33-19-16-30-31(23-35(33)47)32(43-25(3)46)18-15-26-22-37(50-5)40(51-6)41(52-7)38(26)30/h9-10,12-13,16-17,19-20,22-24,32,34,39H,8,11,14-15,18,21H2,1-7H3,(H,43,46)(H,44,47)/t24-,32+,34+,39+/m1/s1. The van der Waals surface area contributed by atoms with Gasteiger partial charge in [-0.3, -0.25) is 14.4 Å². The molecule has 0 aromatic heterocycles. The van der Waals surface area contributed by atoms with Crippen LogP contribution in [0.1, 0.15) is 75.2 Å². The van der Waals surface area contributed by atoms with Gasteiger partial charge in [-0.15, -0.1) is 0 Å². The molecule has 1 fully saturated rings. The summed E-state index contributed by atoms with van der Waals surface area (Å²) in [5, 5.41) is 8.56. The van der Waals surface area contributed by atoms with Crippen molar-refractivity contribution in [3.05, 3.63) is 87.6 Å². The number of aryl methyl sites for hydroxylation is 1. The predicted molar refractivity (Wildman–Crippen MR) is 204 cm³/mol. The zero-order valence-corrected chi connectivity index (χ0v) is 31.1. The van der Waals surface area contributed by atoms with Crippen LogP contribution in [-0.4, -0.2) is 57.7 Å². The zero-order chi connectivity index (χ0) is 37.1. The first-order valence-corrected chi connectivity index (χ1v) is 18.1. The fourth-order valence-corrected chi connectivity index (χ4v) is 7.97. The highest BCUT2D eigenvalue weighted by molar-refractivity contribution is 5.93. The number of hydrogen-bond donors (Lipinski definition) is 2. The minimum Gasteiger partial charge on any atom is -0.496 e. The van der Waals surface area contributed by atoms with Gasteiger partial charge in [0.1, 0.15) is 11.8 Å². The third-order valence-corrected chi connectivity index (χ3v) is 10.7. The number of benzene rings is 3. The molecule has 2 N–H and O–H groups in total. The zero-order valence-electron chi connectivity index (χ0n) is 31.1. The number of likely N-dealkylation sites (tertiary alicyclic amines) is 1. The molecule has 4 aromatic carbocycles. The fourth-order valence-electron chi connectivity index (χ4n) is 7.97. The van der Waals surface area contributed by atoms with Crippen LogP contribution in [-0.2, 0) is 16.0 Å². The molecule has 52 heavy (non-hydrogen) atoms. The van der Waals surface area contributed by atoms with Crippen molar-refractivity contribution in [3.8, 4) is 34.1 Å². The van der Waals surface area contributed by atoms with Gasteiger partial charge in [0.25, 0.3) is 0 Å². The van der Waals surface area contributed by atoms with Gasteiger partial charge in [-0.25, -0.2) is 0 Å². The van der Waals surface area contributed by atoms with Crippen molar-refractivity contribution in [2.24, 2.45) is 5.92 Å². The third kappa shape index (κ3) is 6.74. The summed E-state index contributed by atoms with van der Waals surface area (Å²) in [7, 11) is 6.38. The average molecular weight is 708 g/mol. The van der Waals surface area contributed by atoms with Crippen molar-refractivity contribution in [3.63, 3.8) is 0 Å². The van der Waals surface area contributed by atoms with E-state index in [9.17, 15) is 14.4 Å². The van der Waals surface area contributed by atoms with Crippen molar-refractivity contribution in [1.82, 2.24) is 10.2 Å². The molecule has 274 valence electrons. The number of fused-ring (bicyclic) bond motifs is 4. The van der Waals surface area contributed by atoms with Crippen LogP contribution in [0.15, 0.2) is 65.5 Å². The minimum absolute atomic E-state index is 0.0378. The van der Waals surface area contributed by atoms with Crippen LogP contribution in [0.5, 0.6) is 23.0 Å². The number of rotatable bonds is 11. The molecule has 4 aromatic rings. The van der Waals surface area contributed by atoms with E-state index in [-0.39, 0.29) is 29.2 Å². The molecular weight excluding hydrogens is 658 g/mol. The lowest BCUT2D eigenvalue weighted by Gasteiger charge is -2.33. The van der Waals surface area contributed by atoms with Crippen molar-refractivity contribution in [1.29, 1.82) is 0 Å². The summed E-state index contributed by atoms with van der Waals surface area (Å²) in [5.41, 5.74) is 4.22. The van der Waals surface area contributed by atoms with E-state index in [1.54, 1.807) is 40.6 Å². The molecule has 10 nitrogen and oxygen atoms in total. The quantitative estimate of drug-likeness (QED) is 0.168. The smallest absolute Gasteiger partial charge is 0.245 e. The molecular formula is C42H49N3O7. The molecule has 0 saturated carbocycles. The molecule has 4 atom stereocenters. The van der Waals surface area contributed by atoms with Crippen molar-refractivity contribution >= 4 is 28.3 Å². The van der Waals surface area contributed by atoms with Gasteiger partial charge < -0.3 is 34.5 Å². The first-order chi connectivity index (χ1) is 25.1. The molecule has 0 unspecified atom stereocenters. The second-order valence-corrected chi connectivity index (χ2v) is 13.7. The van der Waals surface area contributed by atoms with E-state index in [1.165, 1.54) is 6.92 Å². The maximum absolute atomic E-state index is 14.7. The second kappa shape index (κ2) is 15.6. The number of carbonyl (C=O) groups excluding carboxylic acids is 2. The molecule has 2 amide bonds. The highest BCUT2D eigenvalue weighted by Crippen LogP contribution is 2.50. The Morgan fingerprint density at radius 1 is 0.865 bits per heavy atom. The first kappa shape index (κ1) is 36.5. The summed E-state index contributed by atoms with van der Waals surface area (Å²) in [5.74, 6) is 1.93. The maximum Gasteiger partial charge on any atom is 0.245 e.